The first kappa shape index (κ1) is 13.4. The van der Waals surface area contributed by atoms with E-state index in [1.807, 2.05) is 13.0 Å². The van der Waals surface area contributed by atoms with Gasteiger partial charge in [0.1, 0.15) is 5.76 Å². The molecule has 0 amide bonds. The van der Waals surface area contributed by atoms with Gasteiger partial charge in [0.25, 0.3) is 0 Å². The molecule has 4 heteroatoms. The highest BCUT2D eigenvalue weighted by atomic mass is 16.4. The molecule has 1 aliphatic rings. The van der Waals surface area contributed by atoms with Crippen molar-refractivity contribution in [1.29, 1.82) is 0 Å². The quantitative estimate of drug-likeness (QED) is 0.865. The molecule has 0 bridgehead atoms. The van der Waals surface area contributed by atoms with Gasteiger partial charge >= 0.3 is 0 Å². The van der Waals surface area contributed by atoms with Crippen molar-refractivity contribution in [2.75, 3.05) is 44.7 Å². The fraction of sp³-hybridized carbons (Fsp3) is 0.714. The molecule has 1 fully saturated rings. The van der Waals surface area contributed by atoms with Crippen LogP contribution in [0.25, 0.3) is 0 Å². The molecule has 0 radical (unpaired) electrons. The third kappa shape index (κ3) is 3.50. The number of piperidine rings is 1. The maximum atomic E-state index is 5.65. The second-order valence-electron chi connectivity index (χ2n) is 5.34. The fourth-order valence-electron chi connectivity index (χ4n) is 2.68. The van der Waals surface area contributed by atoms with E-state index in [2.05, 4.69) is 22.9 Å². The van der Waals surface area contributed by atoms with Gasteiger partial charge in [-0.15, -0.1) is 0 Å². The molecule has 102 valence electrons. The number of nitrogens with two attached hydrogens (primary N) is 1. The lowest BCUT2D eigenvalue weighted by Gasteiger charge is -2.33. The van der Waals surface area contributed by atoms with E-state index in [1.165, 1.54) is 25.9 Å². The molecule has 0 atom stereocenters. The number of likely N-dealkylation sites (tertiary alicyclic amines) is 1. The number of nitrogens with zero attached hydrogens (tertiary/aromatic N) is 2. The third-order valence-corrected chi connectivity index (χ3v) is 3.79. The predicted molar refractivity (Wildman–Crippen MR) is 74.9 cm³/mol. The number of furan rings is 1. The summed E-state index contributed by atoms with van der Waals surface area (Å²) in [6, 6.07) is 4.08. The molecule has 2 N–H and O–H groups in total. The summed E-state index contributed by atoms with van der Waals surface area (Å²) in [4.78, 5) is 4.70. The highest BCUT2D eigenvalue weighted by Crippen LogP contribution is 2.22. The number of anilines is 1. The van der Waals surface area contributed by atoms with Crippen molar-refractivity contribution in [2.24, 2.45) is 11.7 Å². The lowest BCUT2D eigenvalue weighted by atomic mass is 9.96. The Morgan fingerprint density at radius 1 is 1.39 bits per heavy atom. The van der Waals surface area contributed by atoms with Crippen LogP contribution in [0.15, 0.2) is 16.5 Å². The van der Waals surface area contributed by atoms with Crippen LogP contribution in [0.2, 0.25) is 0 Å². The summed E-state index contributed by atoms with van der Waals surface area (Å²) in [7, 11) is 2.12. The number of hydrogen-bond acceptors (Lipinski definition) is 4. The van der Waals surface area contributed by atoms with Crippen LogP contribution in [0.5, 0.6) is 0 Å². The molecular formula is C14H25N3O. The molecule has 18 heavy (non-hydrogen) atoms. The zero-order valence-electron chi connectivity index (χ0n) is 11.6. The van der Waals surface area contributed by atoms with E-state index in [0.29, 0.717) is 0 Å². The highest BCUT2D eigenvalue weighted by molar-refractivity contribution is 5.35. The number of aryl methyl sites for hydroxylation is 1. The summed E-state index contributed by atoms with van der Waals surface area (Å²) in [5.41, 5.74) is 5.59. The maximum absolute atomic E-state index is 5.65. The van der Waals surface area contributed by atoms with Crippen molar-refractivity contribution >= 4 is 5.88 Å². The summed E-state index contributed by atoms with van der Waals surface area (Å²) in [6.45, 7) is 7.27. The summed E-state index contributed by atoms with van der Waals surface area (Å²) in [6.07, 6.45) is 2.54. The molecule has 1 aromatic rings. The molecule has 0 spiro atoms. The summed E-state index contributed by atoms with van der Waals surface area (Å²) in [5, 5.41) is 0. The Kier molecular flexibility index (Phi) is 4.66. The summed E-state index contributed by atoms with van der Waals surface area (Å²) >= 11 is 0. The Labute approximate surface area is 110 Å². The van der Waals surface area contributed by atoms with Crippen molar-refractivity contribution in [2.45, 2.75) is 19.8 Å². The van der Waals surface area contributed by atoms with E-state index < -0.39 is 0 Å². The van der Waals surface area contributed by atoms with Gasteiger partial charge in [-0.3, -0.25) is 0 Å². The second-order valence-corrected chi connectivity index (χ2v) is 5.34. The van der Waals surface area contributed by atoms with Gasteiger partial charge in [-0.2, -0.15) is 0 Å². The molecular weight excluding hydrogens is 226 g/mol. The average Bonchev–Trinajstić information content (AvgIpc) is 2.79. The summed E-state index contributed by atoms with van der Waals surface area (Å²) in [5.74, 6) is 2.74. The van der Waals surface area contributed by atoms with Crippen molar-refractivity contribution in [3.63, 3.8) is 0 Å². The zero-order chi connectivity index (χ0) is 13.0. The second kappa shape index (κ2) is 6.25. The number of rotatable bonds is 5. The SMILES string of the molecule is Cc1ccc(N(C)CC2CCN(CCN)CC2)o1. The molecule has 0 aromatic carbocycles. The van der Waals surface area contributed by atoms with Crippen LogP contribution in [-0.4, -0.2) is 44.7 Å². The topological polar surface area (TPSA) is 45.6 Å². The number of hydrogen-bond donors (Lipinski definition) is 1. The monoisotopic (exact) mass is 251 g/mol. The van der Waals surface area contributed by atoms with Gasteiger partial charge in [-0.1, -0.05) is 0 Å². The molecule has 0 unspecified atom stereocenters. The first-order valence-electron chi connectivity index (χ1n) is 6.89. The van der Waals surface area contributed by atoms with Crippen molar-refractivity contribution in [1.82, 2.24) is 4.90 Å². The van der Waals surface area contributed by atoms with Gasteiger partial charge in [0.05, 0.1) is 0 Å². The minimum Gasteiger partial charge on any atom is -0.446 e. The Hall–Kier alpha value is -1.00. The largest absolute Gasteiger partial charge is 0.446 e. The minimum atomic E-state index is 0.773. The predicted octanol–water partition coefficient (Wildman–Crippen LogP) is 1.69. The molecule has 2 rings (SSSR count). The van der Waals surface area contributed by atoms with Crippen LogP contribution >= 0.6 is 0 Å². The minimum absolute atomic E-state index is 0.773. The molecule has 0 saturated carbocycles. The Bertz CT molecular complexity index is 356. The maximum Gasteiger partial charge on any atom is 0.195 e. The van der Waals surface area contributed by atoms with Crippen LogP contribution < -0.4 is 10.6 Å². The molecule has 1 saturated heterocycles. The highest BCUT2D eigenvalue weighted by Gasteiger charge is 2.20. The van der Waals surface area contributed by atoms with Crippen molar-refractivity contribution in [3.05, 3.63) is 17.9 Å². The van der Waals surface area contributed by atoms with E-state index >= 15 is 0 Å². The molecule has 4 nitrogen and oxygen atoms in total. The average molecular weight is 251 g/mol. The Balaban J connectivity index is 1.77. The van der Waals surface area contributed by atoms with Gasteiger partial charge in [-0.05, 0) is 44.8 Å². The van der Waals surface area contributed by atoms with Crippen molar-refractivity contribution < 1.29 is 4.42 Å². The Morgan fingerprint density at radius 2 is 2.11 bits per heavy atom. The van der Waals surface area contributed by atoms with Crippen LogP contribution in [0.1, 0.15) is 18.6 Å². The summed E-state index contributed by atoms with van der Waals surface area (Å²) < 4.78 is 5.65. The van der Waals surface area contributed by atoms with Crippen LogP contribution in [0.4, 0.5) is 5.88 Å². The van der Waals surface area contributed by atoms with E-state index in [4.69, 9.17) is 10.2 Å². The lowest BCUT2D eigenvalue weighted by Crippen LogP contribution is -2.39. The van der Waals surface area contributed by atoms with Crippen LogP contribution in [0, 0.1) is 12.8 Å². The smallest absolute Gasteiger partial charge is 0.195 e. The molecule has 2 heterocycles. The van der Waals surface area contributed by atoms with Gasteiger partial charge in [0.2, 0.25) is 0 Å². The van der Waals surface area contributed by atoms with Crippen molar-refractivity contribution in [3.8, 4) is 0 Å². The molecule has 1 aromatic heterocycles. The first-order valence-corrected chi connectivity index (χ1v) is 6.89. The van der Waals surface area contributed by atoms with Gasteiger partial charge in [0, 0.05) is 32.7 Å². The van der Waals surface area contributed by atoms with E-state index in [0.717, 1.165) is 37.2 Å². The van der Waals surface area contributed by atoms with Gasteiger partial charge in [0.15, 0.2) is 5.88 Å². The van der Waals surface area contributed by atoms with E-state index in [9.17, 15) is 0 Å². The molecule has 1 aliphatic heterocycles. The zero-order valence-corrected chi connectivity index (χ0v) is 11.6. The van der Waals surface area contributed by atoms with E-state index in [1.54, 1.807) is 0 Å². The van der Waals surface area contributed by atoms with Gasteiger partial charge in [-0.25, -0.2) is 0 Å². The normalized spacial score (nSPS) is 18.2. The lowest BCUT2D eigenvalue weighted by molar-refractivity contribution is 0.190. The fourth-order valence-corrected chi connectivity index (χ4v) is 2.68. The van der Waals surface area contributed by atoms with Gasteiger partial charge < -0.3 is 20.0 Å². The van der Waals surface area contributed by atoms with Crippen LogP contribution in [0.3, 0.4) is 0 Å². The standard InChI is InChI=1S/C14H25N3O/c1-12-3-4-14(18-12)16(2)11-13-5-8-17(9-6-13)10-7-15/h3-4,13H,5-11,15H2,1-2H3. The van der Waals surface area contributed by atoms with Crippen LogP contribution in [-0.2, 0) is 0 Å². The first-order chi connectivity index (χ1) is 8.69. The third-order valence-electron chi connectivity index (χ3n) is 3.79. The Morgan fingerprint density at radius 3 is 2.67 bits per heavy atom. The van der Waals surface area contributed by atoms with E-state index in [-0.39, 0.29) is 0 Å². The molecule has 0 aliphatic carbocycles.